The highest BCUT2D eigenvalue weighted by Crippen LogP contribution is 2.31. The molecule has 0 aliphatic carbocycles. The third kappa shape index (κ3) is 1.78. The number of benzene rings is 1. The van der Waals surface area contributed by atoms with E-state index in [1.807, 2.05) is 42.2 Å². The number of nitrogens with two attached hydrogens (primary N) is 1. The maximum absolute atomic E-state index is 12.4. The average molecular weight is 258 g/mol. The monoisotopic (exact) mass is 258 g/mol. The summed E-state index contributed by atoms with van der Waals surface area (Å²) < 4.78 is 0. The van der Waals surface area contributed by atoms with Gasteiger partial charge in [0.15, 0.2) is 0 Å². The molecule has 1 amide bonds. The van der Waals surface area contributed by atoms with Gasteiger partial charge in [-0.2, -0.15) is 0 Å². The number of nitrogens with zero attached hydrogens (tertiary/aromatic N) is 1. The zero-order valence-corrected chi connectivity index (χ0v) is 11.0. The smallest absolute Gasteiger partial charge is 0.268 e. The van der Waals surface area contributed by atoms with Gasteiger partial charge in [0.1, 0.15) is 0 Å². The molecule has 1 aromatic carbocycles. The maximum Gasteiger partial charge on any atom is 0.268 e. The molecule has 0 atom stereocenters. The van der Waals surface area contributed by atoms with Crippen molar-refractivity contribution >= 4 is 28.6 Å². The average Bonchev–Trinajstić information content (AvgIpc) is 2.94. The number of nitrogen functional groups attached to an aromatic ring is 1. The SMILES string of the molecule is Cc1ccc(C(=O)N2CCc3cc(N)ccc32)s1. The van der Waals surface area contributed by atoms with Crippen LogP contribution in [0.1, 0.15) is 20.1 Å². The Hall–Kier alpha value is -1.81. The molecular formula is C14H14N2OS. The lowest BCUT2D eigenvalue weighted by atomic mass is 10.1. The maximum atomic E-state index is 12.4. The van der Waals surface area contributed by atoms with Crippen LogP contribution in [0.2, 0.25) is 0 Å². The molecule has 92 valence electrons. The number of hydrogen-bond acceptors (Lipinski definition) is 3. The van der Waals surface area contributed by atoms with E-state index < -0.39 is 0 Å². The first kappa shape index (κ1) is 11.3. The number of thiophene rings is 1. The Morgan fingerprint density at radius 1 is 1.33 bits per heavy atom. The summed E-state index contributed by atoms with van der Waals surface area (Å²) in [4.78, 5) is 16.2. The fourth-order valence-electron chi connectivity index (χ4n) is 2.32. The number of carbonyl (C=O) groups excluding carboxylic acids is 1. The topological polar surface area (TPSA) is 46.3 Å². The number of amides is 1. The van der Waals surface area contributed by atoms with Crippen molar-refractivity contribution in [1.29, 1.82) is 0 Å². The molecule has 0 fully saturated rings. The summed E-state index contributed by atoms with van der Waals surface area (Å²) in [7, 11) is 0. The first-order valence-corrected chi connectivity index (χ1v) is 6.73. The van der Waals surface area contributed by atoms with Gasteiger partial charge in [0.2, 0.25) is 0 Å². The van der Waals surface area contributed by atoms with E-state index in [9.17, 15) is 4.79 Å². The highest BCUT2D eigenvalue weighted by molar-refractivity contribution is 7.14. The molecule has 1 aliphatic rings. The molecule has 4 heteroatoms. The van der Waals surface area contributed by atoms with Crippen molar-refractivity contribution in [1.82, 2.24) is 0 Å². The molecule has 2 heterocycles. The summed E-state index contributed by atoms with van der Waals surface area (Å²) in [5, 5.41) is 0. The molecule has 18 heavy (non-hydrogen) atoms. The van der Waals surface area contributed by atoms with Gasteiger partial charge in [0.25, 0.3) is 5.91 Å². The van der Waals surface area contributed by atoms with E-state index in [1.165, 1.54) is 0 Å². The van der Waals surface area contributed by atoms with Crippen LogP contribution in [0.5, 0.6) is 0 Å². The lowest BCUT2D eigenvalue weighted by Crippen LogP contribution is -2.28. The van der Waals surface area contributed by atoms with E-state index >= 15 is 0 Å². The summed E-state index contributed by atoms with van der Waals surface area (Å²) in [6.45, 7) is 2.76. The van der Waals surface area contributed by atoms with Gasteiger partial charge in [0, 0.05) is 22.8 Å². The standard InChI is InChI=1S/C14H14N2OS/c1-9-2-5-13(18-9)14(17)16-7-6-10-8-11(15)3-4-12(10)16/h2-5,8H,6-7,15H2,1H3. The van der Waals surface area contributed by atoms with E-state index in [2.05, 4.69) is 0 Å². The van der Waals surface area contributed by atoms with Gasteiger partial charge < -0.3 is 10.6 Å². The first-order valence-electron chi connectivity index (χ1n) is 5.92. The van der Waals surface area contributed by atoms with Gasteiger partial charge in [-0.3, -0.25) is 4.79 Å². The number of carbonyl (C=O) groups is 1. The second-order valence-electron chi connectivity index (χ2n) is 4.51. The van der Waals surface area contributed by atoms with Gasteiger partial charge in [-0.15, -0.1) is 11.3 Å². The Labute approximate surface area is 110 Å². The van der Waals surface area contributed by atoms with Crippen molar-refractivity contribution in [3.8, 4) is 0 Å². The number of rotatable bonds is 1. The normalized spacial score (nSPS) is 13.7. The van der Waals surface area contributed by atoms with Crippen molar-refractivity contribution in [2.24, 2.45) is 0 Å². The predicted octanol–water partition coefficient (Wildman–Crippen LogP) is 2.84. The summed E-state index contributed by atoms with van der Waals surface area (Å²) in [6, 6.07) is 9.64. The lowest BCUT2D eigenvalue weighted by molar-refractivity contribution is 0.0993. The minimum absolute atomic E-state index is 0.0941. The van der Waals surface area contributed by atoms with Gasteiger partial charge in [-0.25, -0.2) is 0 Å². The molecule has 0 radical (unpaired) electrons. The number of fused-ring (bicyclic) bond motifs is 1. The zero-order valence-electron chi connectivity index (χ0n) is 10.1. The minimum atomic E-state index is 0.0941. The van der Waals surface area contributed by atoms with Crippen LogP contribution < -0.4 is 10.6 Å². The first-order chi connectivity index (χ1) is 8.65. The fraction of sp³-hybridized carbons (Fsp3) is 0.214. The summed E-state index contributed by atoms with van der Waals surface area (Å²) in [5.74, 6) is 0.0941. The molecule has 0 bridgehead atoms. The summed E-state index contributed by atoms with van der Waals surface area (Å²) in [5.41, 5.74) is 8.69. The van der Waals surface area contributed by atoms with Crippen LogP contribution in [-0.4, -0.2) is 12.5 Å². The Morgan fingerprint density at radius 2 is 2.17 bits per heavy atom. The van der Waals surface area contributed by atoms with E-state index in [1.54, 1.807) is 11.3 Å². The van der Waals surface area contributed by atoms with Crippen LogP contribution in [0, 0.1) is 6.92 Å². The molecule has 2 aromatic rings. The number of anilines is 2. The highest BCUT2D eigenvalue weighted by Gasteiger charge is 2.26. The zero-order chi connectivity index (χ0) is 12.7. The molecule has 1 aliphatic heterocycles. The van der Waals surface area contributed by atoms with E-state index in [0.717, 1.165) is 39.7 Å². The van der Waals surface area contributed by atoms with E-state index in [0.29, 0.717) is 0 Å². The van der Waals surface area contributed by atoms with Crippen LogP contribution >= 0.6 is 11.3 Å². The van der Waals surface area contributed by atoms with Crippen molar-refractivity contribution < 1.29 is 4.79 Å². The van der Waals surface area contributed by atoms with Crippen LogP contribution in [-0.2, 0) is 6.42 Å². The summed E-state index contributed by atoms with van der Waals surface area (Å²) >= 11 is 1.54. The lowest BCUT2D eigenvalue weighted by Gasteiger charge is -2.16. The minimum Gasteiger partial charge on any atom is -0.399 e. The molecule has 0 unspecified atom stereocenters. The Kier molecular flexibility index (Phi) is 2.59. The molecule has 3 nitrogen and oxygen atoms in total. The van der Waals surface area contributed by atoms with E-state index in [4.69, 9.17) is 5.73 Å². The Bertz CT molecular complexity index is 618. The second kappa shape index (κ2) is 4.14. The van der Waals surface area contributed by atoms with E-state index in [-0.39, 0.29) is 5.91 Å². The van der Waals surface area contributed by atoms with Crippen molar-refractivity contribution in [2.75, 3.05) is 17.2 Å². The molecular weight excluding hydrogens is 244 g/mol. The molecule has 3 rings (SSSR count). The van der Waals surface area contributed by atoms with Crippen molar-refractivity contribution in [3.05, 3.63) is 45.6 Å². The van der Waals surface area contributed by atoms with Crippen molar-refractivity contribution in [3.63, 3.8) is 0 Å². The van der Waals surface area contributed by atoms with Gasteiger partial charge >= 0.3 is 0 Å². The summed E-state index contributed by atoms with van der Waals surface area (Å²) in [6.07, 6.45) is 0.885. The van der Waals surface area contributed by atoms with Crippen LogP contribution in [0.25, 0.3) is 0 Å². The van der Waals surface area contributed by atoms with Crippen LogP contribution in [0.3, 0.4) is 0 Å². The van der Waals surface area contributed by atoms with Crippen LogP contribution in [0.4, 0.5) is 11.4 Å². The Morgan fingerprint density at radius 3 is 2.89 bits per heavy atom. The third-order valence-electron chi connectivity index (χ3n) is 3.20. The largest absolute Gasteiger partial charge is 0.399 e. The number of aryl methyl sites for hydroxylation is 1. The van der Waals surface area contributed by atoms with Gasteiger partial charge in [-0.05, 0) is 49.2 Å². The van der Waals surface area contributed by atoms with Gasteiger partial charge in [-0.1, -0.05) is 0 Å². The molecule has 1 aromatic heterocycles. The molecule has 0 saturated carbocycles. The molecule has 0 saturated heterocycles. The molecule has 0 spiro atoms. The van der Waals surface area contributed by atoms with Crippen LogP contribution in [0.15, 0.2) is 30.3 Å². The second-order valence-corrected chi connectivity index (χ2v) is 5.79. The fourth-order valence-corrected chi connectivity index (χ4v) is 3.13. The van der Waals surface area contributed by atoms with Gasteiger partial charge in [0.05, 0.1) is 4.88 Å². The molecule has 2 N–H and O–H groups in total. The third-order valence-corrected chi connectivity index (χ3v) is 4.18. The Balaban J connectivity index is 1.95. The predicted molar refractivity (Wildman–Crippen MR) is 75.3 cm³/mol. The quantitative estimate of drug-likeness (QED) is 0.799. The van der Waals surface area contributed by atoms with Crippen molar-refractivity contribution in [2.45, 2.75) is 13.3 Å². The highest BCUT2D eigenvalue weighted by atomic mass is 32.1. The number of hydrogen-bond donors (Lipinski definition) is 1.